The van der Waals surface area contributed by atoms with E-state index >= 15 is 0 Å². The molecule has 18 heavy (non-hydrogen) atoms. The van der Waals surface area contributed by atoms with E-state index in [-0.39, 0.29) is 11.3 Å². The summed E-state index contributed by atoms with van der Waals surface area (Å²) in [5.41, 5.74) is 1.41. The minimum Gasteiger partial charge on any atom is -0.294 e. The smallest absolute Gasteiger partial charge is 0.285 e. The van der Waals surface area contributed by atoms with Crippen molar-refractivity contribution < 1.29 is 4.79 Å². The number of pyridine rings is 1. The molecule has 6 nitrogen and oxygen atoms in total. The van der Waals surface area contributed by atoms with Crippen molar-refractivity contribution >= 4 is 37.6 Å². The summed E-state index contributed by atoms with van der Waals surface area (Å²) in [5.74, 6) is -0.0564. The summed E-state index contributed by atoms with van der Waals surface area (Å²) in [6, 6.07) is 1.73. The Bertz CT molecular complexity index is 849. The normalized spacial score (nSPS) is 11.2. The number of ketones is 1. The van der Waals surface area contributed by atoms with Crippen molar-refractivity contribution in [1.29, 1.82) is 0 Å². The Labute approximate surface area is 105 Å². The van der Waals surface area contributed by atoms with Gasteiger partial charge in [-0.25, -0.2) is 10.1 Å². The van der Waals surface area contributed by atoms with Crippen LogP contribution in [-0.4, -0.2) is 26.2 Å². The van der Waals surface area contributed by atoms with E-state index in [2.05, 4.69) is 20.4 Å². The van der Waals surface area contributed by atoms with Crippen LogP contribution in [-0.2, 0) is 0 Å². The zero-order valence-electron chi connectivity index (χ0n) is 9.64. The van der Waals surface area contributed by atoms with Gasteiger partial charge in [-0.15, -0.1) is 16.4 Å². The minimum absolute atomic E-state index is 0.0564. The van der Waals surface area contributed by atoms with Gasteiger partial charge in [0.05, 0.1) is 0 Å². The summed E-state index contributed by atoms with van der Waals surface area (Å²) in [6.45, 7) is 3.26. The van der Waals surface area contributed by atoms with Crippen LogP contribution in [0.25, 0.3) is 20.4 Å². The van der Waals surface area contributed by atoms with E-state index in [9.17, 15) is 9.59 Å². The fourth-order valence-corrected chi connectivity index (χ4v) is 2.91. The zero-order chi connectivity index (χ0) is 12.9. The molecule has 0 amide bonds. The first kappa shape index (κ1) is 11.0. The molecular weight excluding hydrogens is 252 g/mol. The summed E-state index contributed by atoms with van der Waals surface area (Å²) < 4.78 is 0.479. The molecule has 0 fully saturated rings. The molecular formula is C11H8N4O2S. The summed E-state index contributed by atoms with van der Waals surface area (Å²) in [5, 5.41) is 10.4. The van der Waals surface area contributed by atoms with Crippen molar-refractivity contribution in [2.45, 2.75) is 13.8 Å². The van der Waals surface area contributed by atoms with Gasteiger partial charge >= 0.3 is 0 Å². The number of nitrogens with one attached hydrogen (secondary N) is 1. The Kier molecular flexibility index (Phi) is 2.24. The lowest BCUT2D eigenvalue weighted by Gasteiger charge is -2.00. The van der Waals surface area contributed by atoms with Crippen molar-refractivity contribution in [1.82, 2.24) is 20.4 Å². The van der Waals surface area contributed by atoms with E-state index in [1.165, 1.54) is 18.3 Å². The number of Topliss-reactive ketones (excluding diaryl/α,β-unsaturated/α-hetero) is 1. The second kappa shape index (κ2) is 3.67. The van der Waals surface area contributed by atoms with Gasteiger partial charge in [-0.3, -0.25) is 9.59 Å². The van der Waals surface area contributed by atoms with Gasteiger partial charge in [-0.1, -0.05) is 5.21 Å². The van der Waals surface area contributed by atoms with Gasteiger partial charge < -0.3 is 0 Å². The number of nitrogens with zero attached hydrogens (tertiary/aromatic N) is 3. The van der Waals surface area contributed by atoms with Crippen molar-refractivity contribution in [3.8, 4) is 0 Å². The first-order valence-electron chi connectivity index (χ1n) is 5.24. The third-order valence-electron chi connectivity index (χ3n) is 2.73. The van der Waals surface area contributed by atoms with Gasteiger partial charge in [0.1, 0.15) is 15.0 Å². The number of hydrogen-bond acceptors (Lipinski definition) is 6. The highest BCUT2D eigenvalue weighted by molar-refractivity contribution is 7.25. The number of aromatic nitrogens is 4. The van der Waals surface area contributed by atoms with Crippen LogP contribution in [0, 0.1) is 6.92 Å². The average molecular weight is 260 g/mol. The van der Waals surface area contributed by atoms with Gasteiger partial charge in [-0.05, 0) is 19.9 Å². The lowest BCUT2D eigenvalue weighted by Crippen LogP contribution is -2.07. The molecule has 0 bridgehead atoms. The van der Waals surface area contributed by atoms with E-state index in [0.717, 1.165) is 0 Å². The highest BCUT2D eigenvalue weighted by Gasteiger charge is 2.14. The van der Waals surface area contributed by atoms with Gasteiger partial charge in [-0.2, -0.15) is 0 Å². The number of aromatic amines is 1. The molecule has 0 saturated carbocycles. The number of thiophene rings is 1. The molecule has 0 atom stereocenters. The molecule has 0 aliphatic rings. The number of rotatable bonds is 1. The summed E-state index contributed by atoms with van der Waals surface area (Å²) in [7, 11) is 0. The lowest BCUT2D eigenvalue weighted by atomic mass is 10.1. The number of hydrogen-bond donors (Lipinski definition) is 1. The Morgan fingerprint density at radius 1 is 1.44 bits per heavy atom. The molecule has 0 unspecified atom stereocenters. The standard InChI is InChI=1S/C11H8N4O2S/c1-4-6(5(2)16)3-7-8-9(18-11(7)12-4)10(17)14-15-13-8/h3H,1-2H3,(H,13,14,17). The van der Waals surface area contributed by atoms with E-state index < -0.39 is 0 Å². The van der Waals surface area contributed by atoms with Gasteiger partial charge in [0, 0.05) is 16.6 Å². The number of H-pyrrole nitrogens is 1. The third-order valence-corrected chi connectivity index (χ3v) is 3.82. The molecule has 3 aromatic rings. The maximum absolute atomic E-state index is 11.6. The molecule has 0 aromatic carbocycles. The fourth-order valence-electron chi connectivity index (χ4n) is 1.88. The van der Waals surface area contributed by atoms with E-state index in [1.54, 1.807) is 13.0 Å². The van der Waals surface area contributed by atoms with Gasteiger partial charge in [0.25, 0.3) is 5.56 Å². The minimum atomic E-state index is -0.287. The van der Waals surface area contributed by atoms with Gasteiger partial charge in [0.2, 0.25) is 0 Å². The molecule has 90 valence electrons. The van der Waals surface area contributed by atoms with E-state index in [0.29, 0.717) is 31.7 Å². The molecule has 0 aliphatic heterocycles. The SMILES string of the molecule is CC(=O)c1cc2c(nc1C)sc1c(=O)[nH]nnc12. The first-order chi connectivity index (χ1) is 8.58. The molecule has 1 N–H and O–H groups in total. The number of aryl methyl sites for hydroxylation is 1. The van der Waals surface area contributed by atoms with E-state index in [4.69, 9.17) is 0 Å². The monoisotopic (exact) mass is 260 g/mol. The zero-order valence-corrected chi connectivity index (χ0v) is 10.5. The largest absolute Gasteiger partial charge is 0.294 e. The van der Waals surface area contributed by atoms with Crippen LogP contribution in [0.2, 0.25) is 0 Å². The lowest BCUT2D eigenvalue weighted by molar-refractivity contribution is 0.101. The summed E-state index contributed by atoms with van der Waals surface area (Å²) >= 11 is 1.25. The molecule has 3 rings (SSSR count). The molecule has 7 heteroatoms. The molecule has 0 radical (unpaired) electrons. The van der Waals surface area contributed by atoms with E-state index in [1.807, 2.05) is 0 Å². The maximum atomic E-state index is 11.6. The first-order valence-corrected chi connectivity index (χ1v) is 6.05. The second-order valence-electron chi connectivity index (χ2n) is 3.95. The van der Waals surface area contributed by atoms with Crippen LogP contribution in [0.5, 0.6) is 0 Å². The average Bonchev–Trinajstić information content (AvgIpc) is 2.67. The van der Waals surface area contributed by atoms with Crippen LogP contribution in [0.15, 0.2) is 10.9 Å². The topological polar surface area (TPSA) is 88.6 Å². The molecule has 0 saturated heterocycles. The third kappa shape index (κ3) is 1.44. The summed E-state index contributed by atoms with van der Waals surface area (Å²) in [4.78, 5) is 28.1. The molecule has 3 heterocycles. The van der Waals surface area contributed by atoms with Crippen LogP contribution in [0.4, 0.5) is 0 Å². The predicted molar refractivity (Wildman–Crippen MR) is 68.1 cm³/mol. The Balaban J connectivity index is 2.53. The highest BCUT2D eigenvalue weighted by atomic mass is 32.1. The summed E-state index contributed by atoms with van der Waals surface area (Å²) in [6.07, 6.45) is 0. The van der Waals surface area contributed by atoms with Crippen molar-refractivity contribution in [3.63, 3.8) is 0 Å². The second-order valence-corrected chi connectivity index (χ2v) is 4.95. The van der Waals surface area contributed by atoms with Crippen LogP contribution in [0.3, 0.4) is 0 Å². The molecule has 0 spiro atoms. The van der Waals surface area contributed by atoms with Crippen LogP contribution in [0.1, 0.15) is 23.0 Å². The van der Waals surface area contributed by atoms with Crippen LogP contribution >= 0.6 is 11.3 Å². The van der Waals surface area contributed by atoms with Gasteiger partial charge in [0.15, 0.2) is 5.78 Å². The Morgan fingerprint density at radius 3 is 2.94 bits per heavy atom. The molecule has 0 aliphatic carbocycles. The number of carbonyl (C=O) groups is 1. The Hall–Kier alpha value is -2.15. The Morgan fingerprint density at radius 2 is 2.22 bits per heavy atom. The number of carbonyl (C=O) groups excluding carboxylic acids is 1. The van der Waals surface area contributed by atoms with Crippen molar-refractivity contribution in [3.05, 3.63) is 27.7 Å². The van der Waals surface area contributed by atoms with Crippen molar-refractivity contribution in [2.75, 3.05) is 0 Å². The van der Waals surface area contributed by atoms with Crippen molar-refractivity contribution in [2.24, 2.45) is 0 Å². The maximum Gasteiger partial charge on any atom is 0.285 e. The quantitative estimate of drug-likeness (QED) is 0.669. The predicted octanol–water partition coefficient (Wildman–Crippen LogP) is 1.44. The van der Waals surface area contributed by atoms with Crippen LogP contribution < -0.4 is 5.56 Å². The number of fused-ring (bicyclic) bond motifs is 3. The highest BCUT2D eigenvalue weighted by Crippen LogP contribution is 2.29. The fraction of sp³-hybridized carbons (Fsp3) is 0.182. The molecule has 3 aromatic heterocycles.